The van der Waals surface area contributed by atoms with E-state index >= 15 is 0 Å². The number of anilines is 2. The first kappa shape index (κ1) is 20.7. The molecule has 0 bridgehead atoms. The molecule has 0 spiro atoms. The lowest BCUT2D eigenvalue weighted by Crippen LogP contribution is -2.30. The van der Waals surface area contributed by atoms with Crippen LogP contribution in [0.1, 0.15) is 12.5 Å². The first-order valence-electron chi connectivity index (χ1n) is 7.89. The predicted octanol–water partition coefficient (Wildman–Crippen LogP) is 2.31. The largest absolute Gasteiger partial charge is 0.338 e. The van der Waals surface area contributed by atoms with E-state index in [-0.39, 0.29) is 15.8 Å². The van der Waals surface area contributed by atoms with E-state index in [1.54, 1.807) is 24.3 Å². The number of urea groups is 1. The lowest BCUT2D eigenvalue weighted by Gasteiger charge is -2.11. The van der Waals surface area contributed by atoms with Gasteiger partial charge in [0.15, 0.2) is 0 Å². The van der Waals surface area contributed by atoms with Gasteiger partial charge in [0.2, 0.25) is 15.9 Å². The zero-order valence-corrected chi connectivity index (χ0v) is 16.0. The molecule has 0 radical (unpaired) electrons. The van der Waals surface area contributed by atoms with Crippen LogP contribution in [0.5, 0.6) is 0 Å². The summed E-state index contributed by atoms with van der Waals surface area (Å²) in [4.78, 5) is 23.0. The Hall–Kier alpha value is -2.62. The summed E-state index contributed by atoms with van der Waals surface area (Å²) >= 11 is 6.09. The molecule has 27 heavy (non-hydrogen) atoms. The van der Waals surface area contributed by atoms with Crippen molar-refractivity contribution in [2.45, 2.75) is 18.2 Å². The van der Waals surface area contributed by atoms with Gasteiger partial charge in [0.25, 0.3) is 0 Å². The number of hydrogen-bond acceptors (Lipinski definition) is 4. The summed E-state index contributed by atoms with van der Waals surface area (Å²) < 4.78 is 22.4. The highest BCUT2D eigenvalue weighted by Crippen LogP contribution is 2.25. The van der Waals surface area contributed by atoms with Gasteiger partial charge in [-0.05, 0) is 42.3 Å². The fourth-order valence-electron chi connectivity index (χ4n) is 2.23. The van der Waals surface area contributed by atoms with E-state index < -0.39 is 16.1 Å². The Morgan fingerprint density at radius 3 is 2.30 bits per heavy atom. The lowest BCUT2D eigenvalue weighted by molar-refractivity contribution is -0.114. The zero-order chi connectivity index (χ0) is 20.0. The van der Waals surface area contributed by atoms with E-state index in [1.165, 1.54) is 25.1 Å². The van der Waals surface area contributed by atoms with Gasteiger partial charge in [0.1, 0.15) is 0 Å². The van der Waals surface area contributed by atoms with Crippen molar-refractivity contribution in [3.8, 4) is 0 Å². The van der Waals surface area contributed by atoms with Gasteiger partial charge in [-0.2, -0.15) is 0 Å². The van der Waals surface area contributed by atoms with Gasteiger partial charge in [-0.15, -0.1) is 0 Å². The van der Waals surface area contributed by atoms with Crippen LogP contribution in [0.4, 0.5) is 16.2 Å². The molecule has 3 amide bonds. The zero-order valence-electron chi connectivity index (χ0n) is 14.5. The number of amides is 3. The SMILES string of the molecule is CC(=O)Nc1ccc(NC(=O)NCCc2ccc(S(N)(=O)=O)cc2)c(Cl)c1. The van der Waals surface area contributed by atoms with E-state index in [1.807, 2.05) is 0 Å². The highest BCUT2D eigenvalue weighted by molar-refractivity contribution is 7.89. The van der Waals surface area contributed by atoms with Crippen molar-refractivity contribution in [3.05, 3.63) is 53.1 Å². The van der Waals surface area contributed by atoms with Gasteiger partial charge >= 0.3 is 6.03 Å². The topological polar surface area (TPSA) is 130 Å². The summed E-state index contributed by atoms with van der Waals surface area (Å²) in [5.41, 5.74) is 1.78. The molecule has 2 aromatic rings. The summed E-state index contributed by atoms with van der Waals surface area (Å²) in [5, 5.41) is 13.2. The second-order valence-electron chi connectivity index (χ2n) is 5.70. The molecule has 0 unspecified atom stereocenters. The molecular formula is C17H19ClN4O4S. The summed E-state index contributed by atoms with van der Waals surface area (Å²) in [6, 6.07) is 10.4. The van der Waals surface area contributed by atoms with Crippen LogP contribution in [0.3, 0.4) is 0 Å². The fraction of sp³-hybridized carbons (Fsp3) is 0.176. The van der Waals surface area contributed by atoms with E-state index in [0.29, 0.717) is 24.3 Å². The first-order chi connectivity index (χ1) is 12.6. The normalized spacial score (nSPS) is 10.9. The van der Waals surface area contributed by atoms with Gasteiger partial charge in [-0.25, -0.2) is 18.4 Å². The molecule has 5 N–H and O–H groups in total. The molecular weight excluding hydrogens is 392 g/mol. The maximum absolute atomic E-state index is 12.0. The van der Waals surface area contributed by atoms with Gasteiger partial charge < -0.3 is 16.0 Å². The average Bonchev–Trinajstić information content (AvgIpc) is 2.56. The third kappa shape index (κ3) is 6.55. The van der Waals surface area contributed by atoms with Crippen LogP contribution in [0.2, 0.25) is 5.02 Å². The molecule has 0 atom stereocenters. The second-order valence-corrected chi connectivity index (χ2v) is 7.66. The van der Waals surface area contributed by atoms with E-state index in [2.05, 4.69) is 16.0 Å². The summed E-state index contributed by atoms with van der Waals surface area (Å²) in [5.74, 6) is -0.221. The average molecular weight is 411 g/mol. The van der Waals surface area contributed by atoms with Crippen molar-refractivity contribution in [2.75, 3.05) is 17.2 Å². The van der Waals surface area contributed by atoms with Gasteiger partial charge in [0.05, 0.1) is 15.6 Å². The number of primary sulfonamides is 1. The van der Waals surface area contributed by atoms with Gasteiger partial charge in [-0.3, -0.25) is 4.79 Å². The first-order valence-corrected chi connectivity index (χ1v) is 9.81. The molecule has 2 aromatic carbocycles. The van der Waals surface area contributed by atoms with Crippen LogP contribution in [-0.4, -0.2) is 26.9 Å². The fourth-order valence-corrected chi connectivity index (χ4v) is 2.97. The Bertz CT molecular complexity index is 946. The molecule has 144 valence electrons. The van der Waals surface area contributed by atoms with Crippen molar-refractivity contribution >= 4 is 44.9 Å². The molecule has 0 aliphatic carbocycles. The number of nitrogens with two attached hydrogens (primary N) is 1. The minimum absolute atomic E-state index is 0.0364. The maximum atomic E-state index is 12.0. The number of carbonyl (C=O) groups excluding carboxylic acids is 2. The molecule has 0 aromatic heterocycles. The molecule has 10 heteroatoms. The van der Waals surface area contributed by atoms with Crippen LogP contribution in [0, 0.1) is 0 Å². The summed E-state index contributed by atoms with van der Waals surface area (Å²) in [6.07, 6.45) is 0.507. The minimum Gasteiger partial charge on any atom is -0.338 e. The van der Waals surface area contributed by atoms with Crippen molar-refractivity contribution in [1.82, 2.24) is 5.32 Å². The van der Waals surface area contributed by atoms with Crippen LogP contribution in [-0.2, 0) is 21.2 Å². The Morgan fingerprint density at radius 1 is 1.07 bits per heavy atom. The smallest absolute Gasteiger partial charge is 0.319 e. The highest BCUT2D eigenvalue weighted by Gasteiger charge is 2.08. The van der Waals surface area contributed by atoms with Crippen LogP contribution >= 0.6 is 11.6 Å². The molecule has 0 aliphatic heterocycles. The third-order valence-corrected chi connectivity index (χ3v) is 4.73. The van der Waals surface area contributed by atoms with Gasteiger partial charge in [-0.1, -0.05) is 23.7 Å². The van der Waals surface area contributed by atoms with Crippen LogP contribution in [0.15, 0.2) is 47.4 Å². The number of hydrogen-bond donors (Lipinski definition) is 4. The van der Waals surface area contributed by atoms with E-state index in [9.17, 15) is 18.0 Å². The number of benzene rings is 2. The van der Waals surface area contributed by atoms with E-state index in [4.69, 9.17) is 16.7 Å². The number of rotatable bonds is 6. The molecule has 0 saturated heterocycles. The Kier molecular flexibility index (Phi) is 6.78. The molecule has 8 nitrogen and oxygen atoms in total. The number of halogens is 1. The van der Waals surface area contributed by atoms with Crippen LogP contribution < -0.4 is 21.1 Å². The standard InChI is InChI=1S/C17H19ClN4O4S/c1-11(23)21-13-4-7-16(15(18)10-13)22-17(24)20-9-8-12-2-5-14(6-3-12)27(19,25)26/h2-7,10H,8-9H2,1H3,(H,21,23)(H2,19,25,26)(H2,20,22,24). The highest BCUT2D eigenvalue weighted by atomic mass is 35.5. The Morgan fingerprint density at radius 2 is 1.74 bits per heavy atom. The summed E-state index contributed by atoms with van der Waals surface area (Å²) in [7, 11) is -3.72. The number of carbonyl (C=O) groups is 2. The molecule has 0 heterocycles. The van der Waals surface area contributed by atoms with Crippen molar-refractivity contribution in [2.24, 2.45) is 5.14 Å². The van der Waals surface area contributed by atoms with Crippen molar-refractivity contribution < 1.29 is 18.0 Å². The minimum atomic E-state index is -3.72. The molecule has 0 aliphatic rings. The maximum Gasteiger partial charge on any atom is 0.319 e. The third-order valence-electron chi connectivity index (χ3n) is 3.49. The molecule has 0 saturated carbocycles. The molecule has 0 fully saturated rings. The van der Waals surface area contributed by atoms with E-state index in [0.717, 1.165) is 5.56 Å². The summed E-state index contributed by atoms with van der Waals surface area (Å²) in [6.45, 7) is 1.72. The van der Waals surface area contributed by atoms with Crippen LogP contribution in [0.25, 0.3) is 0 Å². The second kappa shape index (κ2) is 8.85. The lowest BCUT2D eigenvalue weighted by atomic mass is 10.1. The monoisotopic (exact) mass is 410 g/mol. The van der Waals surface area contributed by atoms with Gasteiger partial charge in [0, 0.05) is 19.2 Å². The number of sulfonamides is 1. The Labute approximate surface area is 162 Å². The van der Waals surface area contributed by atoms with Crippen molar-refractivity contribution in [1.29, 1.82) is 0 Å². The Balaban J connectivity index is 1.85. The van der Waals surface area contributed by atoms with Crippen molar-refractivity contribution in [3.63, 3.8) is 0 Å². The number of nitrogens with one attached hydrogen (secondary N) is 3. The predicted molar refractivity (Wildman–Crippen MR) is 104 cm³/mol. The molecule has 2 rings (SSSR count). The quantitative estimate of drug-likeness (QED) is 0.582.